The molecule has 1 heterocycles. The van der Waals surface area contributed by atoms with E-state index < -0.39 is 0 Å². The monoisotopic (exact) mass is 194 g/mol. The molecule has 1 aromatic rings. The summed E-state index contributed by atoms with van der Waals surface area (Å²) in [7, 11) is 0. The van der Waals surface area contributed by atoms with E-state index in [0.29, 0.717) is 0 Å². The fraction of sp³-hybridized carbons (Fsp3) is 0.375. The fourth-order valence-corrected chi connectivity index (χ4v) is 0.677. The zero-order valence-corrected chi connectivity index (χ0v) is 8.09. The van der Waals surface area contributed by atoms with Crippen molar-refractivity contribution in [2.45, 2.75) is 19.9 Å². The molecule has 0 aromatic carbocycles. The van der Waals surface area contributed by atoms with Gasteiger partial charge in [0.05, 0.1) is 6.33 Å². The van der Waals surface area contributed by atoms with Gasteiger partial charge in [-0.05, 0) is 6.42 Å². The van der Waals surface area contributed by atoms with E-state index >= 15 is 0 Å². The first kappa shape index (κ1) is 14.3. The third-order valence-corrected chi connectivity index (χ3v) is 1.04. The van der Waals surface area contributed by atoms with Crippen molar-refractivity contribution in [2.75, 3.05) is 0 Å². The Morgan fingerprint density at radius 3 is 2.14 bits per heavy atom. The molecule has 0 fully saturated rings. The lowest BCUT2D eigenvalue weighted by Gasteiger charge is -1.93. The molecule has 0 unspecified atom stereocenters. The first-order valence-corrected chi connectivity index (χ1v) is 3.91. The number of hydrogen-bond donors (Lipinski definition) is 2. The highest BCUT2D eigenvalue weighted by Crippen LogP contribution is 1.87. The van der Waals surface area contributed by atoms with Gasteiger partial charge in [-0.3, -0.25) is 0 Å². The van der Waals surface area contributed by atoms with E-state index in [0.717, 1.165) is 6.54 Å². The molecule has 0 aliphatic carbocycles. The minimum absolute atomic E-state index is 1.08. The van der Waals surface area contributed by atoms with Gasteiger partial charge < -0.3 is 16.0 Å². The highest BCUT2D eigenvalue weighted by molar-refractivity contribution is 4.73. The van der Waals surface area contributed by atoms with Crippen LogP contribution in [-0.4, -0.2) is 9.55 Å². The summed E-state index contributed by atoms with van der Waals surface area (Å²) in [5, 5.41) is 14.2. The van der Waals surface area contributed by atoms with Crippen LogP contribution >= 0.6 is 0 Å². The van der Waals surface area contributed by atoms with Crippen LogP contribution in [0.25, 0.3) is 0 Å². The summed E-state index contributed by atoms with van der Waals surface area (Å²) in [5.74, 6) is 0. The fourth-order valence-electron chi connectivity index (χ4n) is 0.677. The Labute approximate surface area is 83.4 Å². The Morgan fingerprint density at radius 2 is 1.86 bits per heavy atom. The number of hydrogen-bond acceptors (Lipinski definition) is 5. The van der Waals surface area contributed by atoms with E-state index in [2.05, 4.69) is 27.9 Å². The molecule has 0 spiro atoms. The van der Waals surface area contributed by atoms with Gasteiger partial charge in [-0.25, -0.2) is 4.98 Å². The van der Waals surface area contributed by atoms with Crippen LogP contribution in [0, 0.1) is 22.9 Å². The maximum atomic E-state index is 7.10. The van der Waals surface area contributed by atoms with Crippen LogP contribution < -0.4 is 11.5 Å². The van der Waals surface area contributed by atoms with Crippen LogP contribution in [0.15, 0.2) is 18.7 Å². The average molecular weight is 194 g/mol. The largest absolute Gasteiger partial charge is 0.338 e. The Bertz CT molecular complexity index is 253. The molecule has 0 saturated carbocycles. The lowest BCUT2D eigenvalue weighted by atomic mass is 10.5. The Hall–Kier alpha value is -2.21. The van der Waals surface area contributed by atoms with Crippen molar-refractivity contribution in [1.29, 1.82) is 10.5 Å². The van der Waals surface area contributed by atoms with E-state index in [4.69, 9.17) is 10.5 Å². The quantitative estimate of drug-likeness (QED) is 0.513. The summed E-state index contributed by atoms with van der Waals surface area (Å²) in [5.41, 5.74) is 8.31. The van der Waals surface area contributed by atoms with Crippen molar-refractivity contribution >= 4 is 0 Å². The van der Waals surface area contributed by atoms with Gasteiger partial charge in [0.2, 0.25) is 0 Å². The van der Waals surface area contributed by atoms with E-state index in [1.54, 1.807) is 6.20 Å². The first-order chi connectivity index (χ1) is 6.76. The van der Waals surface area contributed by atoms with Crippen molar-refractivity contribution in [3.05, 3.63) is 18.7 Å². The van der Waals surface area contributed by atoms with E-state index in [1.165, 1.54) is 18.8 Å². The van der Waals surface area contributed by atoms with Crippen LogP contribution in [-0.2, 0) is 6.54 Å². The van der Waals surface area contributed by atoms with Crippen molar-refractivity contribution < 1.29 is 0 Å². The molecule has 1 rings (SSSR count). The SMILES string of the molecule is CCCn1ccnc1.N#CN.N#CN. The molecule has 6 nitrogen and oxygen atoms in total. The number of imidazole rings is 1. The smallest absolute Gasteiger partial charge is 0.173 e. The van der Waals surface area contributed by atoms with Gasteiger partial charge in [0, 0.05) is 18.9 Å². The third kappa shape index (κ3) is 12.5. The molecule has 76 valence electrons. The predicted octanol–water partition coefficient (Wildman–Crippen LogP) is 0.145. The summed E-state index contributed by atoms with van der Waals surface area (Å²) in [4.78, 5) is 3.90. The maximum absolute atomic E-state index is 7.10. The molecule has 0 atom stereocenters. The number of nitriles is 2. The highest BCUT2D eigenvalue weighted by Gasteiger charge is 1.81. The highest BCUT2D eigenvalue weighted by atomic mass is 15.0. The minimum Gasteiger partial charge on any atom is -0.338 e. The minimum atomic E-state index is 1.08. The molecule has 6 heteroatoms. The second-order valence-corrected chi connectivity index (χ2v) is 2.06. The van der Waals surface area contributed by atoms with Gasteiger partial charge in [0.15, 0.2) is 12.4 Å². The zero-order valence-electron chi connectivity index (χ0n) is 8.09. The van der Waals surface area contributed by atoms with Gasteiger partial charge in [0.25, 0.3) is 0 Å². The van der Waals surface area contributed by atoms with Crippen LogP contribution in [0.3, 0.4) is 0 Å². The maximum Gasteiger partial charge on any atom is 0.173 e. The van der Waals surface area contributed by atoms with Gasteiger partial charge in [0.1, 0.15) is 0 Å². The molecule has 0 aliphatic heterocycles. The number of aryl methyl sites for hydroxylation is 1. The van der Waals surface area contributed by atoms with E-state index in [1.807, 2.05) is 12.5 Å². The summed E-state index contributed by atoms with van der Waals surface area (Å²) in [6, 6.07) is 0. The third-order valence-electron chi connectivity index (χ3n) is 1.04. The molecule has 14 heavy (non-hydrogen) atoms. The Morgan fingerprint density at radius 1 is 1.36 bits per heavy atom. The molecule has 0 aliphatic rings. The van der Waals surface area contributed by atoms with Crippen LogP contribution in [0.1, 0.15) is 13.3 Å². The van der Waals surface area contributed by atoms with Crippen molar-refractivity contribution in [1.82, 2.24) is 9.55 Å². The normalized spacial score (nSPS) is 6.50. The summed E-state index contributed by atoms with van der Waals surface area (Å²) < 4.78 is 2.07. The lowest BCUT2D eigenvalue weighted by Crippen LogP contribution is -1.90. The molecule has 0 saturated heterocycles. The molecule has 4 N–H and O–H groups in total. The van der Waals surface area contributed by atoms with Crippen LogP contribution in [0.4, 0.5) is 0 Å². The molecule has 1 aromatic heterocycles. The van der Waals surface area contributed by atoms with Crippen LogP contribution in [0.2, 0.25) is 0 Å². The molecule has 0 amide bonds. The summed E-state index contributed by atoms with van der Waals surface area (Å²) in [6.07, 6.45) is 9.29. The molecular formula is C8H14N6. The van der Waals surface area contributed by atoms with Crippen LogP contribution in [0.5, 0.6) is 0 Å². The summed E-state index contributed by atoms with van der Waals surface area (Å²) in [6.45, 7) is 3.24. The first-order valence-electron chi connectivity index (χ1n) is 3.91. The number of rotatable bonds is 2. The Kier molecular flexibility index (Phi) is 13.7. The predicted molar refractivity (Wildman–Crippen MR) is 52.1 cm³/mol. The van der Waals surface area contributed by atoms with Crippen molar-refractivity contribution in [3.63, 3.8) is 0 Å². The van der Waals surface area contributed by atoms with Gasteiger partial charge in [-0.1, -0.05) is 6.92 Å². The van der Waals surface area contributed by atoms with Crippen molar-refractivity contribution in [3.8, 4) is 12.4 Å². The van der Waals surface area contributed by atoms with Gasteiger partial charge in [-0.2, -0.15) is 10.5 Å². The second-order valence-electron chi connectivity index (χ2n) is 2.06. The second kappa shape index (κ2) is 13.4. The Balaban J connectivity index is 0. The average Bonchev–Trinajstić information content (AvgIpc) is 2.60. The number of nitrogens with two attached hydrogens (primary N) is 2. The zero-order chi connectivity index (χ0) is 11.2. The lowest BCUT2D eigenvalue weighted by molar-refractivity contribution is 0.678. The number of aromatic nitrogens is 2. The van der Waals surface area contributed by atoms with E-state index in [9.17, 15) is 0 Å². The van der Waals surface area contributed by atoms with E-state index in [-0.39, 0.29) is 0 Å². The molecule has 0 radical (unpaired) electrons. The van der Waals surface area contributed by atoms with Gasteiger partial charge in [-0.15, -0.1) is 0 Å². The molecule has 0 bridgehead atoms. The van der Waals surface area contributed by atoms with Gasteiger partial charge >= 0.3 is 0 Å². The summed E-state index contributed by atoms with van der Waals surface area (Å²) >= 11 is 0. The van der Waals surface area contributed by atoms with Crippen molar-refractivity contribution in [2.24, 2.45) is 11.5 Å². The topological polar surface area (TPSA) is 117 Å². The number of nitrogens with zero attached hydrogens (tertiary/aromatic N) is 4. The standard InChI is InChI=1S/C6H10N2.2CH2N2/c1-2-4-8-5-3-7-6-8;2*2-1-3/h3,5-6H,2,4H2,1H3;2*2H2. The molecular weight excluding hydrogens is 180 g/mol.